The van der Waals surface area contributed by atoms with Gasteiger partial charge in [0.2, 0.25) is 5.95 Å². The van der Waals surface area contributed by atoms with Gasteiger partial charge in [0.25, 0.3) is 5.91 Å². The Morgan fingerprint density at radius 1 is 1.09 bits per heavy atom. The van der Waals surface area contributed by atoms with Gasteiger partial charge >= 0.3 is 0 Å². The second-order valence-corrected chi connectivity index (χ2v) is 8.94. The first-order valence-electron chi connectivity index (χ1n) is 11.5. The third-order valence-corrected chi connectivity index (χ3v) is 6.42. The number of carbonyl (C=O) groups is 1. The summed E-state index contributed by atoms with van der Waals surface area (Å²) in [5, 5.41) is 6.25. The number of rotatable bonds is 4. The molecule has 2 aliphatic heterocycles. The average Bonchev–Trinajstić information content (AvgIpc) is 3.05. The van der Waals surface area contributed by atoms with Crippen LogP contribution in [0.3, 0.4) is 0 Å². The number of morpholine rings is 1. The smallest absolute Gasteiger partial charge is 0.268 e. The van der Waals surface area contributed by atoms with Crippen molar-refractivity contribution in [2.24, 2.45) is 0 Å². The van der Waals surface area contributed by atoms with Crippen LogP contribution in [0.2, 0.25) is 0 Å². The Labute approximate surface area is 194 Å². The fourth-order valence-corrected chi connectivity index (χ4v) is 5.04. The largest absolute Gasteiger partial charge is 0.372 e. The van der Waals surface area contributed by atoms with Crippen LogP contribution in [0.5, 0.6) is 0 Å². The van der Waals surface area contributed by atoms with Gasteiger partial charge in [-0.25, -0.2) is 9.97 Å². The van der Waals surface area contributed by atoms with E-state index in [9.17, 15) is 4.79 Å². The summed E-state index contributed by atoms with van der Waals surface area (Å²) in [5.41, 5.74) is 6.65. The van der Waals surface area contributed by atoms with Gasteiger partial charge < -0.3 is 24.8 Å². The molecule has 1 aromatic carbocycles. The van der Waals surface area contributed by atoms with Crippen LogP contribution >= 0.6 is 0 Å². The summed E-state index contributed by atoms with van der Waals surface area (Å²) >= 11 is 0. The van der Waals surface area contributed by atoms with Crippen molar-refractivity contribution in [1.82, 2.24) is 19.9 Å². The Balaban J connectivity index is 1.37. The molecule has 5 rings (SSSR count). The molecule has 8 heteroatoms. The van der Waals surface area contributed by atoms with Crippen molar-refractivity contribution in [1.29, 1.82) is 0 Å². The quantitative estimate of drug-likeness (QED) is 0.636. The molecule has 172 valence electrons. The number of carbonyl (C=O) groups excluding carboxylic acids is 1. The number of aromatic nitrogens is 3. The first kappa shape index (κ1) is 21.5. The molecule has 1 fully saturated rings. The maximum absolute atomic E-state index is 12.4. The normalized spacial score (nSPS) is 20.4. The van der Waals surface area contributed by atoms with E-state index in [1.807, 2.05) is 32.0 Å². The van der Waals surface area contributed by atoms with E-state index >= 15 is 0 Å². The number of benzene rings is 1. The highest BCUT2D eigenvalue weighted by Gasteiger charge is 2.27. The summed E-state index contributed by atoms with van der Waals surface area (Å²) in [4.78, 5) is 23.9. The number of hydrogen-bond acceptors (Lipinski definition) is 6. The van der Waals surface area contributed by atoms with Crippen LogP contribution in [0.15, 0.2) is 36.5 Å². The minimum Gasteiger partial charge on any atom is -0.372 e. The highest BCUT2D eigenvalue weighted by molar-refractivity contribution is 5.97. The molecule has 2 N–H and O–H groups in total. The van der Waals surface area contributed by atoms with Crippen molar-refractivity contribution >= 4 is 23.2 Å². The molecule has 3 aromatic rings. The Hall–Kier alpha value is -3.39. The number of amides is 1. The molecule has 8 nitrogen and oxygen atoms in total. The standard InChI is InChI=1S/C25H30N6O2/c1-15-13-30(14-16(2)33-15)20-7-5-19(6-8-20)28-25-27-10-9-21(29-25)22-17(3)23-24(32)26-11-12-31(23)18(22)4/h5-10,15-16H,11-14H2,1-4H3,(H,26,32)(H,27,28,29)/t15-,16+. The molecule has 0 radical (unpaired) electrons. The molecule has 33 heavy (non-hydrogen) atoms. The molecule has 1 saturated heterocycles. The fourth-order valence-electron chi connectivity index (χ4n) is 5.04. The van der Waals surface area contributed by atoms with Gasteiger partial charge in [-0.15, -0.1) is 0 Å². The molecular formula is C25H30N6O2. The lowest BCUT2D eigenvalue weighted by molar-refractivity contribution is -0.00521. The molecule has 0 aliphatic carbocycles. The van der Waals surface area contributed by atoms with Crippen LogP contribution < -0.4 is 15.5 Å². The van der Waals surface area contributed by atoms with Crippen molar-refractivity contribution in [2.45, 2.75) is 46.4 Å². The van der Waals surface area contributed by atoms with Crippen molar-refractivity contribution in [2.75, 3.05) is 29.9 Å². The van der Waals surface area contributed by atoms with Crippen LogP contribution in [0, 0.1) is 13.8 Å². The summed E-state index contributed by atoms with van der Waals surface area (Å²) in [5.74, 6) is 0.506. The van der Waals surface area contributed by atoms with E-state index in [0.717, 1.165) is 53.5 Å². The van der Waals surface area contributed by atoms with E-state index < -0.39 is 0 Å². The van der Waals surface area contributed by atoms with Crippen molar-refractivity contribution in [3.8, 4) is 11.3 Å². The molecule has 4 heterocycles. The molecule has 0 unspecified atom stereocenters. The SMILES string of the molecule is Cc1c(-c2ccnc(Nc3ccc(N4C[C@@H](C)O[C@@H](C)C4)cc3)n2)c(C)n2c1C(=O)NCC2. The van der Waals surface area contributed by atoms with Gasteiger partial charge in [-0.2, -0.15) is 0 Å². The Morgan fingerprint density at radius 2 is 1.82 bits per heavy atom. The Bertz CT molecular complexity index is 1180. The van der Waals surface area contributed by atoms with Gasteiger partial charge in [0.15, 0.2) is 0 Å². The van der Waals surface area contributed by atoms with E-state index in [1.54, 1.807) is 6.20 Å². The second-order valence-electron chi connectivity index (χ2n) is 8.94. The van der Waals surface area contributed by atoms with Gasteiger partial charge in [0.1, 0.15) is 5.69 Å². The third kappa shape index (κ3) is 4.06. The zero-order valence-corrected chi connectivity index (χ0v) is 19.6. The number of nitrogens with zero attached hydrogens (tertiary/aromatic N) is 4. The van der Waals surface area contributed by atoms with Crippen molar-refractivity contribution in [3.05, 3.63) is 53.5 Å². The summed E-state index contributed by atoms with van der Waals surface area (Å²) in [6, 6.07) is 10.2. The van der Waals surface area contributed by atoms with Crippen LogP contribution in [-0.2, 0) is 11.3 Å². The van der Waals surface area contributed by atoms with Gasteiger partial charge in [-0.05, 0) is 63.6 Å². The predicted molar refractivity (Wildman–Crippen MR) is 129 cm³/mol. The summed E-state index contributed by atoms with van der Waals surface area (Å²) in [6.07, 6.45) is 2.20. The highest BCUT2D eigenvalue weighted by Crippen LogP contribution is 2.32. The zero-order valence-electron chi connectivity index (χ0n) is 19.6. The van der Waals surface area contributed by atoms with E-state index in [0.29, 0.717) is 12.5 Å². The summed E-state index contributed by atoms with van der Waals surface area (Å²) in [6.45, 7) is 11.5. The minimum absolute atomic E-state index is 0.0235. The molecule has 2 atom stereocenters. The first-order valence-corrected chi connectivity index (χ1v) is 11.5. The fraction of sp³-hybridized carbons (Fsp3) is 0.400. The number of hydrogen-bond donors (Lipinski definition) is 2. The summed E-state index contributed by atoms with van der Waals surface area (Å²) in [7, 11) is 0. The van der Waals surface area contributed by atoms with Gasteiger partial charge in [0, 0.05) is 55.0 Å². The topological polar surface area (TPSA) is 84.3 Å². The highest BCUT2D eigenvalue weighted by atomic mass is 16.5. The number of ether oxygens (including phenoxy) is 1. The van der Waals surface area contributed by atoms with E-state index in [1.165, 1.54) is 5.69 Å². The second kappa shape index (κ2) is 8.51. The molecule has 0 saturated carbocycles. The zero-order chi connectivity index (χ0) is 23.1. The average molecular weight is 447 g/mol. The van der Waals surface area contributed by atoms with Crippen molar-refractivity contribution in [3.63, 3.8) is 0 Å². The number of nitrogens with one attached hydrogen (secondary N) is 2. The molecule has 2 aromatic heterocycles. The lowest BCUT2D eigenvalue weighted by Crippen LogP contribution is -2.45. The molecule has 1 amide bonds. The number of fused-ring (bicyclic) bond motifs is 1. The van der Waals surface area contributed by atoms with Crippen LogP contribution in [0.1, 0.15) is 35.6 Å². The Kier molecular flexibility index (Phi) is 5.54. The number of anilines is 3. The maximum Gasteiger partial charge on any atom is 0.268 e. The predicted octanol–water partition coefficient (Wildman–Crippen LogP) is 3.66. The maximum atomic E-state index is 12.4. The van der Waals surface area contributed by atoms with Crippen molar-refractivity contribution < 1.29 is 9.53 Å². The molecule has 0 spiro atoms. The van der Waals surface area contributed by atoms with Gasteiger partial charge in [-0.3, -0.25) is 4.79 Å². The van der Waals surface area contributed by atoms with E-state index in [4.69, 9.17) is 9.72 Å². The molecule has 0 bridgehead atoms. The van der Waals surface area contributed by atoms with Gasteiger partial charge in [-0.1, -0.05) is 0 Å². The Morgan fingerprint density at radius 3 is 2.52 bits per heavy atom. The molecular weight excluding hydrogens is 416 g/mol. The van der Waals surface area contributed by atoms with E-state index in [-0.39, 0.29) is 18.1 Å². The third-order valence-electron chi connectivity index (χ3n) is 6.42. The lowest BCUT2D eigenvalue weighted by atomic mass is 10.1. The van der Waals surface area contributed by atoms with Crippen LogP contribution in [0.25, 0.3) is 11.3 Å². The van der Waals surface area contributed by atoms with Gasteiger partial charge in [0.05, 0.1) is 17.9 Å². The van der Waals surface area contributed by atoms with Crippen LogP contribution in [0.4, 0.5) is 17.3 Å². The molecule has 2 aliphatic rings. The minimum atomic E-state index is -0.0235. The monoisotopic (exact) mass is 446 g/mol. The van der Waals surface area contributed by atoms with E-state index in [2.05, 4.69) is 51.1 Å². The lowest BCUT2D eigenvalue weighted by Gasteiger charge is -2.36. The van der Waals surface area contributed by atoms with Crippen LogP contribution in [-0.4, -0.2) is 52.3 Å². The first-order chi connectivity index (χ1) is 15.9. The summed E-state index contributed by atoms with van der Waals surface area (Å²) < 4.78 is 7.93.